The molecule has 89 heavy (non-hydrogen) atoms. The van der Waals surface area contributed by atoms with E-state index in [4.69, 9.17) is 0 Å². The predicted octanol–water partition coefficient (Wildman–Crippen LogP) is 21.4. The summed E-state index contributed by atoms with van der Waals surface area (Å²) < 4.78 is 0. The molecule has 0 spiro atoms. The first-order valence-corrected chi connectivity index (χ1v) is 30.9. The SMILES string of the molecule is c1ccc(-c2ccc(-c3c4ccccc4c(-c4ccc5c(c4)N(c4c(-c6ccccc6)cccc4-c4ccccc4)c4cccc6c4B5c4cc(-c5ccccc5)ccc4N6c4c(-c5ccccc5)cccc4-c4ccccc4)c4ccccc34)cc2)cc1. The average molecular weight is 1130 g/mol. The average Bonchev–Trinajstić information content (AvgIpc) is 0.842. The first-order chi connectivity index (χ1) is 44.2. The number of benzene rings is 15. The molecular weight excluding hydrogens is 1070 g/mol. The molecule has 0 aromatic heterocycles. The van der Waals surface area contributed by atoms with Crippen LogP contribution in [0.4, 0.5) is 34.1 Å². The third kappa shape index (κ3) is 8.73. The lowest BCUT2D eigenvalue weighted by atomic mass is 9.33. The first-order valence-electron chi connectivity index (χ1n) is 30.9. The Morgan fingerprint density at radius 2 is 0.517 bits per heavy atom. The van der Waals surface area contributed by atoms with E-state index in [1.807, 2.05) is 0 Å². The summed E-state index contributed by atoms with van der Waals surface area (Å²) in [6, 6.07) is 128. The van der Waals surface area contributed by atoms with E-state index in [0.717, 1.165) is 84.2 Å². The minimum atomic E-state index is -0.167. The molecule has 2 nitrogen and oxygen atoms in total. The normalized spacial score (nSPS) is 12.2. The molecule has 17 rings (SSSR count). The van der Waals surface area contributed by atoms with E-state index in [2.05, 4.69) is 356 Å². The van der Waals surface area contributed by atoms with Crippen molar-refractivity contribution in [2.45, 2.75) is 0 Å². The second-order valence-corrected chi connectivity index (χ2v) is 23.4. The summed E-state index contributed by atoms with van der Waals surface area (Å²) in [5.74, 6) is 0. The van der Waals surface area contributed by atoms with Crippen LogP contribution in [0.3, 0.4) is 0 Å². The molecule has 0 aliphatic carbocycles. The Balaban J connectivity index is 0.976. The van der Waals surface area contributed by atoms with Crippen LogP contribution < -0.4 is 26.2 Å². The number of hydrogen-bond acceptors (Lipinski definition) is 2. The summed E-state index contributed by atoms with van der Waals surface area (Å²) in [5, 5.41) is 4.87. The number of para-hydroxylation sites is 2. The fourth-order valence-corrected chi connectivity index (χ4v) is 14.6. The lowest BCUT2D eigenvalue weighted by molar-refractivity contribution is 1.25. The summed E-state index contributed by atoms with van der Waals surface area (Å²) >= 11 is 0. The van der Waals surface area contributed by atoms with E-state index in [-0.39, 0.29) is 6.71 Å². The van der Waals surface area contributed by atoms with Gasteiger partial charge >= 0.3 is 0 Å². The van der Waals surface area contributed by atoms with Crippen LogP contribution in [0, 0.1) is 0 Å². The molecule has 414 valence electrons. The third-order valence-corrected chi connectivity index (χ3v) is 18.5. The van der Waals surface area contributed by atoms with Crippen LogP contribution in [0.5, 0.6) is 0 Å². The van der Waals surface area contributed by atoms with Gasteiger partial charge in [-0.15, -0.1) is 0 Å². The second-order valence-electron chi connectivity index (χ2n) is 23.4. The molecule has 0 N–H and O–H groups in total. The largest absolute Gasteiger partial charge is 0.310 e. The van der Waals surface area contributed by atoms with Crippen LogP contribution >= 0.6 is 0 Å². The highest BCUT2D eigenvalue weighted by Gasteiger charge is 2.45. The Morgan fingerprint density at radius 1 is 0.191 bits per heavy atom. The van der Waals surface area contributed by atoms with E-state index in [1.165, 1.54) is 76.9 Å². The van der Waals surface area contributed by atoms with Crippen LogP contribution in [0.2, 0.25) is 0 Å². The molecule has 2 heterocycles. The molecule has 0 saturated carbocycles. The highest BCUT2D eigenvalue weighted by atomic mass is 15.2. The van der Waals surface area contributed by atoms with Crippen LogP contribution in [0.15, 0.2) is 346 Å². The zero-order valence-electron chi connectivity index (χ0n) is 48.9. The maximum Gasteiger partial charge on any atom is 0.252 e. The molecule has 0 bridgehead atoms. The highest BCUT2D eigenvalue weighted by Crippen LogP contribution is 2.54. The molecule has 0 saturated heterocycles. The fraction of sp³-hybridized carbons (Fsp3) is 0. The molecule has 15 aromatic carbocycles. The predicted molar refractivity (Wildman–Crippen MR) is 379 cm³/mol. The van der Waals surface area contributed by atoms with E-state index < -0.39 is 0 Å². The van der Waals surface area contributed by atoms with Gasteiger partial charge in [0, 0.05) is 45.0 Å². The van der Waals surface area contributed by atoms with E-state index in [1.54, 1.807) is 0 Å². The van der Waals surface area contributed by atoms with Gasteiger partial charge in [0.25, 0.3) is 6.71 Å². The summed E-state index contributed by atoms with van der Waals surface area (Å²) in [4.78, 5) is 5.26. The third-order valence-electron chi connectivity index (χ3n) is 18.5. The maximum atomic E-state index is 2.65. The van der Waals surface area contributed by atoms with Gasteiger partial charge in [-0.3, -0.25) is 0 Å². The van der Waals surface area contributed by atoms with Crippen molar-refractivity contribution in [3.63, 3.8) is 0 Å². The van der Waals surface area contributed by atoms with Crippen molar-refractivity contribution < 1.29 is 0 Å². The van der Waals surface area contributed by atoms with Crippen molar-refractivity contribution >= 4 is 78.8 Å². The van der Waals surface area contributed by atoms with Gasteiger partial charge in [-0.2, -0.15) is 0 Å². The number of fused-ring (bicyclic) bond motifs is 6. The van der Waals surface area contributed by atoms with Gasteiger partial charge in [-0.1, -0.05) is 322 Å². The van der Waals surface area contributed by atoms with Gasteiger partial charge in [-0.25, -0.2) is 0 Å². The number of nitrogens with zero attached hydrogens (tertiary/aromatic N) is 2. The molecular formula is C86H57BN2. The van der Waals surface area contributed by atoms with Gasteiger partial charge in [0.2, 0.25) is 0 Å². The number of rotatable bonds is 10. The van der Waals surface area contributed by atoms with Crippen LogP contribution in [-0.2, 0) is 0 Å². The molecule has 0 atom stereocenters. The Bertz CT molecular complexity index is 4990. The molecule has 3 heteroatoms. The fourth-order valence-electron chi connectivity index (χ4n) is 14.6. The van der Waals surface area contributed by atoms with Crippen molar-refractivity contribution in [3.8, 4) is 89.0 Å². The molecule has 0 amide bonds. The van der Waals surface area contributed by atoms with Gasteiger partial charge in [0.15, 0.2) is 0 Å². The summed E-state index contributed by atoms with van der Waals surface area (Å²) in [6.07, 6.45) is 0. The lowest BCUT2D eigenvalue weighted by Crippen LogP contribution is -2.61. The van der Waals surface area contributed by atoms with Crippen LogP contribution in [0.1, 0.15) is 0 Å². The topological polar surface area (TPSA) is 6.48 Å². The summed E-state index contributed by atoms with van der Waals surface area (Å²) in [6.45, 7) is -0.167. The smallest absolute Gasteiger partial charge is 0.252 e. The zero-order chi connectivity index (χ0) is 58.8. The summed E-state index contributed by atoms with van der Waals surface area (Å²) in [7, 11) is 0. The Labute approximate surface area is 520 Å². The van der Waals surface area contributed by atoms with Crippen molar-refractivity contribution in [2.75, 3.05) is 9.80 Å². The molecule has 2 aliphatic heterocycles. The van der Waals surface area contributed by atoms with Gasteiger partial charge in [0.05, 0.1) is 11.4 Å². The second kappa shape index (κ2) is 21.8. The van der Waals surface area contributed by atoms with Crippen molar-refractivity contribution in [1.82, 2.24) is 0 Å². The molecule has 15 aromatic rings. The van der Waals surface area contributed by atoms with E-state index in [0.29, 0.717) is 0 Å². The number of hydrogen-bond donors (Lipinski definition) is 0. The van der Waals surface area contributed by atoms with Gasteiger partial charge < -0.3 is 9.80 Å². The van der Waals surface area contributed by atoms with E-state index in [9.17, 15) is 0 Å². The molecule has 0 unspecified atom stereocenters. The highest BCUT2D eigenvalue weighted by molar-refractivity contribution is 7.00. The molecule has 2 aliphatic rings. The summed E-state index contributed by atoms with van der Waals surface area (Å²) in [5.41, 5.74) is 29.4. The molecule has 0 fully saturated rings. The first kappa shape index (κ1) is 51.9. The zero-order valence-corrected chi connectivity index (χ0v) is 48.9. The van der Waals surface area contributed by atoms with Gasteiger partial charge in [-0.05, 0) is 129 Å². The van der Waals surface area contributed by atoms with Crippen LogP contribution in [-0.4, -0.2) is 6.71 Å². The Kier molecular flexibility index (Phi) is 12.7. The maximum absolute atomic E-state index is 2.65. The number of anilines is 6. The minimum Gasteiger partial charge on any atom is -0.310 e. The molecule has 0 radical (unpaired) electrons. The van der Waals surface area contributed by atoms with Crippen molar-refractivity contribution in [3.05, 3.63) is 346 Å². The van der Waals surface area contributed by atoms with E-state index >= 15 is 0 Å². The quantitative estimate of drug-likeness (QED) is 0.0995. The standard InChI is InChI=1S/C86H57BN2/c1-7-26-58(27-8-1)60-48-50-65(51-49-60)82-72-38-19-21-40-74(72)83(75-41-22-20-39-73(75)82)67-52-54-76-81(57-67)89(86-70(63-34-15-5-16-35-63)44-24-45-71(86)64-36-17-6-18-37-64)80-47-25-46-79-84(80)87(76)77-56-66(59-28-9-2-10-29-59)53-55-78(77)88(79)85-68(61-30-11-3-12-31-61)42-23-43-69(85)62-32-13-4-14-33-62/h1-57H. The van der Waals surface area contributed by atoms with Crippen molar-refractivity contribution in [2.24, 2.45) is 0 Å². The lowest BCUT2D eigenvalue weighted by Gasteiger charge is -2.45. The van der Waals surface area contributed by atoms with Crippen molar-refractivity contribution in [1.29, 1.82) is 0 Å². The Hall–Kier alpha value is -11.5. The van der Waals surface area contributed by atoms with Gasteiger partial charge in [0.1, 0.15) is 0 Å². The van der Waals surface area contributed by atoms with Crippen LogP contribution in [0.25, 0.3) is 111 Å². The Morgan fingerprint density at radius 3 is 0.955 bits per heavy atom. The minimum absolute atomic E-state index is 0.167. The monoisotopic (exact) mass is 1130 g/mol.